The van der Waals surface area contributed by atoms with Crippen LogP contribution in [0.5, 0.6) is 0 Å². The molecule has 0 aromatic carbocycles. The van der Waals surface area contributed by atoms with E-state index < -0.39 is 0 Å². The van der Waals surface area contributed by atoms with Crippen molar-refractivity contribution in [1.29, 1.82) is 0 Å². The summed E-state index contributed by atoms with van der Waals surface area (Å²) in [6.45, 7) is 0. The van der Waals surface area contributed by atoms with Gasteiger partial charge >= 0.3 is 0 Å². The van der Waals surface area contributed by atoms with Crippen LogP contribution in [0.3, 0.4) is 0 Å². The van der Waals surface area contributed by atoms with Crippen LogP contribution in [0, 0.1) is 0 Å². The van der Waals surface area contributed by atoms with Gasteiger partial charge in [0.15, 0.2) is 0 Å². The van der Waals surface area contributed by atoms with Crippen molar-refractivity contribution in [2.45, 2.75) is 6.04 Å². The molecule has 0 bridgehead atoms. The van der Waals surface area contributed by atoms with Gasteiger partial charge in [-0.3, -0.25) is 14.9 Å². The van der Waals surface area contributed by atoms with Gasteiger partial charge in [-0.05, 0) is 48.5 Å². The predicted octanol–water partition coefficient (Wildman–Crippen LogP) is 4.19. The topological polar surface area (TPSA) is 54.8 Å². The highest BCUT2D eigenvalue weighted by molar-refractivity contribution is 5.59. The summed E-state index contributed by atoms with van der Waals surface area (Å²) >= 11 is 0. The molecule has 0 radical (unpaired) electrons. The van der Waals surface area contributed by atoms with Gasteiger partial charge in [0, 0.05) is 24.8 Å². The fourth-order valence-corrected chi connectivity index (χ4v) is 2.87. The first kappa shape index (κ1) is 15.9. The molecule has 4 aromatic rings. The van der Waals surface area contributed by atoms with E-state index in [-0.39, 0.29) is 6.04 Å². The van der Waals surface area contributed by atoms with Crippen LogP contribution in [0.1, 0.15) is 17.4 Å². The Morgan fingerprint density at radius 3 is 1.27 bits per heavy atom. The summed E-state index contributed by atoms with van der Waals surface area (Å²) in [5, 5.41) is 0. The standard InChI is InChI=1S/C21H17N5/c1-5-13-22-17(9-1)21(18-10-2-6-14-23-18)26(19-11-3-7-15-24-19)20-12-4-8-16-25-20/h1-16,21H. The molecule has 0 N–H and O–H groups in total. The van der Waals surface area contributed by atoms with Crippen LogP contribution >= 0.6 is 0 Å². The third-order valence-electron chi connectivity index (χ3n) is 3.99. The Kier molecular flexibility index (Phi) is 4.60. The smallest absolute Gasteiger partial charge is 0.135 e. The van der Waals surface area contributed by atoms with Gasteiger partial charge in [-0.15, -0.1) is 0 Å². The van der Waals surface area contributed by atoms with E-state index in [1.165, 1.54) is 0 Å². The highest BCUT2D eigenvalue weighted by atomic mass is 15.3. The summed E-state index contributed by atoms with van der Waals surface area (Å²) in [5.74, 6) is 1.57. The number of rotatable bonds is 5. The Labute approximate surface area is 152 Å². The van der Waals surface area contributed by atoms with Crippen LogP contribution in [0.2, 0.25) is 0 Å². The van der Waals surface area contributed by atoms with Crippen LogP contribution in [0.4, 0.5) is 11.6 Å². The molecule has 5 nitrogen and oxygen atoms in total. The molecular formula is C21H17N5. The molecule has 0 aliphatic heterocycles. The van der Waals surface area contributed by atoms with Crippen LogP contribution in [-0.2, 0) is 0 Å². The van der Waals surface area contributed by atoms with Gasteiger partial charge in [-0.1, -0.05) is 24.3 Å². The number of anilines is 2. The molecule has 0 atom stereocenters. The van der Waals surface area contributed by atoms with Crippen molar-refractivity contribution in [2.24, 2.45) is 0 Å². The minimum absolute atomic E-state index is 0.248. The number of nitrogens with zero attached hydrogens (tertiary/aromatic N) is 5. The zero-order chi connectivity index (χ0) is 17.6. The van der Waals surface area contributed by atoms with E-state index in [4.69, 9.17) is 0 Å². The molecule has 5 heteroatoms. The maximum atomic E-state index is 4.59. The Balaban J connectivity index is 1.93. The van der Waals surface area contributed by atoms with Gasteiger partial charge in [-0.25, -0.2) is 9.97 Å². The Morgan fingerprint density at radius 1 is 0.500 bits per heavy atom. The monoisotopic (exact) mass is 339 g/mol. The van der Waals surface area contributed by atoms with Gasteiger partial charge in [0.2, 0.25) is 0 Å². The molecule has 4 rings (SSSR count). The minimum Gasteiger partial charge on any atom is -0.296 e. The molecule has 26 heavy (non-hydrogen) atoms. The first-order valence-electron chi connectivity index (χ1n) is 8.36. The lowest BCUT2D eigenvalue weighted by Gasteiger charge is -2.31. The van der Waals surface area contributed by atoms with Gasteiger partial charge in [0.05, 0.1) is 11.4 Å². The zero-order valence-corrected chi connectivity index (χ0v) is 14.1. The van der Waals surface area contributed by atoms with E-state index in [0.29, 0.717) is 0 Å². The highest BCUT2D eigenvalue weighted by Crippen LogP contribution is 2.35. The molecule has 0 aliphatic carbocycles. The third kappa shape index (κ3) is 3.28. The average Bonchev–Trinajstić information content (AvgIpc) is 2.74. The Bertz CT molecular complexity index is 771. The normalized spacial score (nSPS) is 10.7. The maximum absolute atomic E-state index is 4.59. The molecule has 0 amide bonds. The van der Waals surface area contributed by atoms with Gasteiger partial charge in [0.1, 0.15) is 17.7 Å². The van der Waals surface area contributed by atoms with E-state index in [0.717, 1.165) is 23.0 Å². The molecule has 126 valence electrons. The second kappa shape index (κ2) is 7.53. The summed E-state index contributed by atoms with van der Waals surface area (Å²) in [5.41, 5.74) is 1.75. The van der Waals surface area contributed by atoms with Crippen LogP contribution in [0.25, 0.3) is 0 Å². The fraction of sp³-hybridized carbons (Fsp3) is 0.0476. The van der Waals surface area contributed by atoms with Crippen molar-refractivity contribution in [3.8, 4) is 0 Å². The number of pyridine rings is 4. The lowest BCUT2D eigenvalue weighted by atomic mass is 10.1. The van der Waals surface area contributed by atoms with Crippen molar-refractivity contribution < 1.29 is 0 Å². The van der Waals surface area contributed by atoms with Gasteiger partial charge in [0.25, 0.3) is 0 Å². The van der Waals surface area contributed by atoms with E-state index in [1.54, 1.807) is 24.8 Å². The van der Waals surface area contributed by atoms with Crippen molar-refractivity contribution in [2.75, 3.05) is 4.90 Å². The van der Waals surface area contributed by atoms with Crippen LogP contribution in [-0.4, -0.2) is 19.9 Å². The lowest BCUT2D eigenvalue weighted by molar-refractivity contribution is 0.741. The van der Waals surface area contributed by atoms with Crippen LogP contribution < -0.4 is 4.90 Å². The highest BCUT2D eigenvalue weighted by Gasteiger charge is 2.28. The van der Waals surface area contributed by atoms with Crippen molar-refractivity contribution in [1.82, 2.24) is 19.9 Å². The molecule has 0 saturated carbocycles. The van der Waals surface area contributed by atoms with Crippen molar-refractivity contribution >= 4 is 11.6 Å². The van der Waals surface area contributed by atoms with E-state index >= 15 is 0 Å². The van der Waals surface area contributed by atoms with E-state index in [2.05, 4.69) is 24.8 Å². The second-order valence-electron chi connectivity index (χ2n) is 5.66. The molecule has 0 aliphatic rings. The summed E-state index contributed by atoms with van der Waals surface area (Å²) in [6, 6.07) is 23.2. The molecule has 0 unspecified atom stereocenters. The molecule has 4 aromatic heterocycles. The minimum atomic E-state index is -0.248. The summed E-state index contributed by atoms with van der Waals surface area (Å²) < 4.78 is 0. The fourth-order valence-electron chi connectivity index (χ4n) is 2.87. The summed E-state index contributed by atoms with van der Waals surface area (Å²) in [7, 11) is 0. The largest absolute Gasteiger partial charge is 0.296 e. The van der Waals surface area contributed by atoms with Crippen molar-refractivity contribution in [3.05, 3.63) is 109 Å². The molecule has 0 spiro atoms. The Hall–Kier alpha value is -3.60. The quantitative estimate of drug-likeness (QED) is 0.545. The molecule has 0 saturated heterocycles. The van der Waals surface area contributed by atoms with Crippen LogP contribution in [0.15, 0.2) is 97.6 Å². The van der Waals surface area contributed by atoms with E-state index in [9.17, 15) is 0 Å². The first-order chi connectivity index (χ1) is 12.9. The summed E-state index contributed by atoms with van der Waals surface area (Å²) in [6.07, 6.45) is 7.14. The number of hydrogen-bond acceptors (Lipinski definition) is 5. The van der Waals surface area contributed by atoms with Crippen molar-refractivity contribution in [3.63, 3.8) is 0 Å². The predicted molar refractivity (Wildman–Crippen MR) is 101 cm³/mol. The first-order valence-corrected chi connectivity index (χ1v) is 8.36. The molecule has 4 heterocycles. The number of aromatic nitrogens is 4. The zero-order valence-electron chi connectivity index (χ0n) is 14.1. The summed E-state index contributed by atoms with van der Waals surface area (Å²) in [4.78, 5) is 20.4. The van der Waals surface area contributed by atoms with Gasteiger partial charge < -0.3 is 0 Å². The SMILES string of the molecule is c1ccc(C(c2ccccn2)N(c2ccccn2)c2ccccn2)nc1. The number of hydrogen-bond donors (Lipinski definition) is 0. The van der Waals surface area contributed by atoms with E-state index in [1.807, 2.05) is 72.8 Å². The average molecular weight is 339 g/mol. The Morgan fingerprint density at radius 2 is 0.923 bits per heavy atom. The molecular weight excluding hydrogens is 322 g/mol. The third-order valence-corrected chi connectivity index (χ3v) is 3.99. The lowest BCUT2D eigenvalue weighted by Crippen LogP contribution is -2.28. The second-order valence-corrected chi connectivity index (χ2v) is 5.66. The van der Waals surface area contributed by atoms with Gasteiger partial charge in [-0.2, -0.15) is 0 Å². The molecule has 0 fully saturated rings. The maximum Gasteiger partial charge on any atom is 0.135 e.